The third-order valence-corrected chi connectivity index (χ3v) is 2.90. The molecular weight excluding hydrogens is 188 g/mol. The molecule has 1 aromatic carbocycles. The molecule has 0 amide bonds. The number of carbonyl (C=O) groups excluding carboxylic acids is 1. The van der Waals surface area contributed by atoms with Gasteiger partial charge in [0.15, 0.2) is 0 Å². The molecule has 1 atom stereocenters. The number of esters is 1. The van der Waals surface area contributed by atoms with Crippen molar-refractivity contribution in [2.45, 2.75) is 33.6 Å². The normalized spacial score (nSPS) is 12.3. The van der Waals surface area contributed by atoms with E-state index in [1.807, 2.05) is 13.8 Å². The van der Waals surface area contributed by atoms with Crippen molar-refractivity contribution in [2.24, 2.45) is 0 Å². The van der Waals surface area contributed by atoms with E-state index in [0.29, 0.717) is 0 Å². The van der Waals surface area contributed by atoms with Gasteiger partial charge in [0.1, 0.15) is 0 Å². The fourth-order valence-electron chi connectivity index (χ4n) is 1.75. The number of benzene rings is 1. The molecule has 82 valence electrons. The molecule has 0 radical (unpaired) electrons. The van der Waals surface area contributed by atoms with Gasteiger partial charge in [0.25, 0.3) is 0 Å². The van der Waals surface area contributed by atoms with Gasteiger partial charge in [-0.1, -0.05) is 12.1 Å². The molecule has 0 aliphatic carbocycles. The summed E-state index contributed by atoms with van der Waals surface area (Å²) in [6.45, 7) is 8.04. The molecule has 0 aromatic heterocycles. The SMILES string of the molecule is COC(=O)C(C)c1cc(C)c(C)cc1C. The molecule has 0 spiro atoms. The highest BCUT2D eigenvalue weighted by Crippen LogP contribution is 2.23. The van der Waals surface area contributed by atoms with Crippen molar-refractivity contribution in [3.8, 4) is 0 Å². The van der Waals surface area contributed by atoms with Gasteiger partial charge in [-0.3, -0.25) is 4.79 Å². The van der Waals surface area contributed by atoms with Crippen LogP contribution in [0.15, 0.2) is 12.1 Å². The standard InChI is InChI=1S/C13H18O2/c1-8-6-10(3)12(7-9(8)2)11(4)13(14)15-5/h6-7,11H,1-5H3. The van der Waals surface area contributed by atoms with E-state index in [2.05, 4.69) is 26.0 Å². The Bertz CT molecular complexity index is 380. The Labute approximate surface area is 91.3 Å². The summed E-state index contributed by atoms with van der Waals surface area (Å²) in [5, 5.41) is 0. The Hall–Kier alpha value is -1.31. The van der Waals surface area contributed by atoms with Gasteiger partial charge in [-0.15, -0.1) is 0 Å². The van der Waals surface area contributed by atoms with E-state index in [1.165, 1.54) is 18.2 Å². The van der Waals surface area contributed by atoms with Crippen LogP contribution in [-0.2, 0) is 9.53 Å². The molecule has 0 saturated heterocycles. The molecule has 0 heterocycles. The number of aryl methyl sites for hydroxylation is 3. The maximum Gasteiger partial charge on any atom is 0.312 e. The van der Waals surface area contributed by atoms with Crippen LogP contribution in [0.25, 0.3) is 0 Å². The molecule has 0 N–H and O–H groups in total. The molecule has 2 nitrogen and oxygen atoms in total. The predicted octanol–water partition coefficient (Wildman–Crippen LogP) is 2.89. The molecule has 0 fully saturated rings. The zero-order chi connectivity index (χ0) is 11.6. The molecule has 1 rings (SSSR count). The zero-order valence-electron chi connectivity index (χ0n) is 10.0. The first kappa shape index (κ1) is 11.8. The first-order valence-corrected chi connectivity index (χ1v) is 5.13. The minimum atomic E-state index is -0.186. The molecule has 0 bridgehead atoms. The summed E-state index contributed by atoms with van der Waals surface area (Å²) in [6, 6.07) is 4.19. The molecule has 2 heteroatoms. The number of hydrogen-bond donors (Lipinski definition) is 0. The van der Waals surface area contributed by atoms with E-state index >= 15 is 0 Å². The third kappa shape index (κ3) is 2.38. The highest BCUT2D eigenvalue weighted by atomic mass is 16.5. The second-order valence-electron chi connectivity index (χ2n) is 4.04. The van der Waals surface area contributed by atoms with Crippen LogP contribution in [0.3, 0.4) is 0 Å². The topological polar surface area (TPSA) is 26.3 Å². The van der Waals surface area contributed by atoms with Crippen LogP contribution < -0.4 is 0 Å². The van der Waals surface area contributed by atoms with Gasteiger partial charge in [0, 0.05) is 0 Å². The number of rotatable bonds is 2. The van der Waals surface area contributed by atoms with Gasteiger partial charge in [-0.2, -0.15) is 0 Å². The third-order valence-electron chi connectivity index (χ3n) is 2.90. The van der Waals surface area contributed by atoms with E-state index in [4.69, 9.17) is 4.74 Å². The number of ether oxygens (including phenoxy) is 1. The van der Waals surface area contributed by atoms with E-state index < -0.39 is 0 Å². The minimum Gasteiger partial charge on any atom is -0.469 e. The highest BCUT2D eigenvalue weighted by molar-refractivity contribution is 5.78. The predicted molar refractivity (Wildman–Crippen MR) is 61.1 cm³/mol. The lowest BCUT2D eigenvalue weighted by Crippen LogP contribution is -2.12. The van der Waals surface area contributed by atoms with Crippen molar-refractivity contribution >= 4 is 5.97 Å². The number of carbonyl (C=O) groups is 1. The highest BCUT2D eigenvalue weighted by Gasteiger charge is 2.18. The smallest absolute Gasteiger partial charge is 0.312 e. The molecule has 0 aliphatic rings. The average molecular weight is 206 g/mol. The van der Waals surface area contributed by atoms with E-state index in [0.717, 1.165) is 11.1 Å². The van der Waals surface area contributed by atoms with Gasteiger partial charge < -0.3 is 4.74 Å². The first-order chi connectivity index (χ1) is 6.97. The Morgan fingerprint density at radius 3 is 2.20 bits per heavy atom. The molecular formula is C13H18O2. The Morgan fingerprint density at radius 2 is 1.67 bits per heavy atom. The quantitative estimate of drug-likeness (QED) is 0.695. The monoisotopic (exact) mass is 206 g/mol. The van der Waals surface area contributed by atoms with Gasteiger partial charge >= 0.3 is 5.97 Å². The van der Waals surface area contributed by atoms with Crippen LogP contribution in [0.5, 0.6) is 0 Å². The maximum atomic E-state index is 11.4. The van der Waals surface area contributed by atoms with Crippen LogP contribution in [0, 0.1) is 20.8 Å². The molecule has 15 heavy (non-hydrogen) atoms. The second-order valence-corrected chi connectivity index (χ2v) is 4.04. The van der Waals surface area contributed by atoms with Crippen LogP contribution in [0.1, 0.15) is 35.1 Å². The van der Waals surface area contributed by atoms with Crippen molar-refractivity contribution in [1.29, 1.82) is 0 Å². The molecule has 1 aromatic rings. The summed E-state index contributed by atoms with van der Waals surface area (Å²) in [5.41, 5.74) is 4.68. The Kier molecular flexibility index (Phi) is 3.51. The van der Waals surface area contributed by atoms with Crippen molar-refractivity contribution in [3.63, 3.8) is 0 Å². The van der Waals surface area contributed by atoms with Crippen LogP contribution in [0.2, 0.25) is 0 Å². The summed E-state index contributed by atoms with van der Waals surface area (Å²) in [4.78, 5) is 11.4. The largest absolute Gasteiger partial charge is 0.469 e. The minimum absolute atomic E-state index is 0.179. The van der Waals surface area contributed by atoms with Crippen molar-refractivity contribution in [1.82, 2.24) is 0 Å². The first-order valence-electron chi connectivity index (χ1n) is 5.13. The molecule has 0 saturated carbocycles. The van der Waals surface area contributed by atoms with Gasteiger partial charge in [0.05, 0.1) is 13.0 Å². The summed E-state index contributed by atoms with van der Waals surface area (Å²) in [7, 11) is 1.43. The maximum absolute atomic E-state index is 11.4. The van der Waals surface area contributed by atoms with Crippen molar-refractivity contribution in [2.75, 3.05) is 7.11 Å². The van der Waals surface area contributed by atoms with E-state index in [1.54, 1.807) is 0 Å². The number of hydrogen-bond acceptors (Lipinski definition) is 2. The summed E-state index contributed by atoms with van der Waals surface area (Å²) in [6.07, 6.45) is 0. The summed E-state index contributed by atoms with van der Waals surface area (Å²) in [5.74, 6) is -0.365. The lowest BCUT2D eigenvalue weighted by atomic mass is 9.92. The lowest BCUT2D eigenvalue weighted by Gasteiger charge is -2.14. The van der Waals surface area contributed by atoms with E-state index in [-0.39, 0.29) is 11.9 Å². The fourth-order valence-corrected chi connectivity index (χ4v) is 1.75. The summed E-state index contributed by atoms with van der Waals surface area (Å²) < 4.78 is 4.75. The second kappa shape index (κ2) is 4.47. The average Bonchev–Trinajstić information content (AvgIpc) is 2.21. The lowest BCUT2D eigenvalue weighted by molar-refractivity contribution is -0.142. The molecule has 1 unspecified atom stereocenters. The molecule has 0 aliphatic heterocycles. The van der Waals surface area contributed by atoms with Crippen molar-refractivity contribution in [3.05, 3.63) is 34.4 Å². The summed E-state index contributed by atoms with van der Waals surface area (Å²) >= 11 is 0. The van der Waals surface area contributed by atoms with Gasteiger partial charge in [-0.05, 0) is 49.9 Å². The van der Waals surface area contributed by atoms with Crippen LogP contribution in [0.4, 0.5) is 0 Å². The van der Waals surface area contributed by atoms with Crippen molar-refractivity contribution < 1.29 is 9.53 Å². The Morgan fingerprint density at radius 1 is 1.13 bits per heavy atom. The van der Waals surface area contributed by atoms with Gasteiger partial charge in [0.2, 0.25) is 0 Å². The van der Waals surface area contributed by atoms with Crippen LogP contribution in [-0.4, -0.2) is 13.1 Å². The fraction of sp³-hybridized carbons (Fsp3) is 0.462. The van der Waals surface area contributed by atoms with Gasteiger partial charge in [-0.25, -0.2) is 0 Å². The zero-order valence-corrected chi connectivity index (χ0v) is 10.0. The van der Waals surface area contributed by atoms with E-state index in [9.17, 15) is 4.79 Å². The number of methoxy groups -OCH3 is 1. The Balaban J connectivity index is 3.14. The van der Waals surface area contributed by atoms with Crippen LogP contribution >= 0.6 is 0 Å².